The number of likely N-dealkylation sites (N-methyl/N-ethyl adjacent to an activating group) is 1. The zero-order valence-corrected chi connectivity index (χ0v) is 15.6. The van der Waals surface area contributed by atoms with Gasteiger partial charge in [0.05, 0.1) is 36.4 Å². The second-order valence-electron chi connectivity index (χ2n) is 7.13. The Bertz CT molecular complexity index is 868. The number of hydrogen-bond acceptors (Lipinski definition) is 4. The zero-order chi connectivity index (χ0) is 19.0. The molecule has 1 aromatic heterocycles. The summed E-state index contributed by atoms with van der Waals surface area (Å²) >= 11 is 0. The maximum absolute atomic E-state index is 13.4. The molecule has 0 aliphatic carbocycles. The second-order valence-corrected chi connectivity index (χ2v) is 7.13. The molecule has 2 aliphatic rings. The van der Waals surface area contributed by atoms with E-state index >= 15 is 0 Å². The van der Waals surface area contributed by atoms with Gasteiger partial charge in [-0.05, 0) is 24.1 Å². The van der Waals surface area contributed by atoms with Crippen LogP contribution in [0.4, 0.5) is 0 Å². The van der Waals surface area contributed by atoms with E-state index in [0.717, 1.165) is 11.1 Å². The first-order valence-corrected chi connectivity index (χ1v) is 9.24. The van der Waals surface area contributed by atoms with E-state index < -0.39 is 0 Å². The number of carbonyl (C=O) groups excluding carboxylic acids is 2. The van der Waals surface area contributed by atoms with Crippen molar-refractivity contribution < 1.29 is 14.3 Å². The number of pyridine rings is 1. The third kappa shape index (κ3) is 3.21. The average molecular weight is 365 g/mol. The van der Waals surface area contributed by atoms with Crippen LogP contribution in [0.3, 0.4) is 0 Å². The molecule has 4 rings (SSSR count). The molecule has 140 valence electrons. The highest BCUT2D eigenvalue weighted by atomic mass is 16.5. The molecule has 0 radical (unpaired) electrons. The summed E-state index contributed by atoms with van der Waals surface area (Å²) in [4.78, 5) is 33.4. The van der Waals surface area contributed by atoms with Crippen molar-refractivity contribution in [2.75, 3.05) is 26.7 Å². The molecule has 2 amide bonds. The molecule has 0 saturated carbocycles. The Kier molecular flexibility index (Phi) is 4.66. The molecule has 2 fully saturated rings. The summed E-state index contributed by atoms with van der Waals surface area (Å²) in [6.45, 7) is 3.24. The summed E-state index contributed by atoms with van der Waals surface area (Å²) < 4.78 is 5.86. The van der Waals surface area contributed by atoms with Gasteiger partial charge in [0, 0.05) is 26.3 Å². The molecule has 2 atom stereocenters. The van der Waals surface area contributed by atoms with Crippen molar-refractivity contribution >= 4 is 11.8 Å². The van der Waals surface area contributed by atoms with Crippen LogP contribution in [0.25, 0.3) is 11.1 Å². The molecule has 6 heteroatoms. The van der Waals surface area contributed by atoms with Gasteiger partial charge in [0.15, 0.2) is 0 Å². The van der Waals surface area contributed by atoms with Crippen LogP contribution < -0.4 is 0 Å². The predicted molar refractivity (Wildman–Crippen MR) is 101 cm³/mol. The summed E-state index contributed by atoms with van der Waals surface area (Å²) in [7, 11) is 1.80. The van der Waals surface area contributed by atoms with E-state index in [1.165, 1.54) is 0 Å². The SMILES string of the molecule is Cc1nccc(-c2ccccc2)c1C(=O)N1C[C@@H]2OCCC(=O)N(C)[C@H]2C1. The van der Waals surface area contributed by atoms with E-state index in [4.69, 9.17) is 4.74 Å². The van der Waals surface area contributed by atoms with Gasteiger partial charge in [-0.15, -0.1) is 0 Å². The fraction of sp³-hybridized carbons (Fsp3) is 0.381. The minimum absolute atomic E-state index is 0.0584. The summed E-state index contributed by atoms with van der Waals surface area (Å²) in [6, 6.07) is 11.7. The Morgan fingerprint density at radius 2 is 1.96 bits per heavy atom. The van der Waals surface area contributed by atoms with Crippen molar-refractivity contribution in [3.05, 3.63) is 53.9 Å². The second kappa shape index (κ2) is 7.12. The Labute approximate surface area is 158 Å². The molecular weight excluding hydrogens is 342 g/mol. The van der Waals surface area contributed by atoms with Crippen molar-refractivity contribution in [2.45, 2.75) is 25.5 Å². The third-order valence-corrected chi connectivity index (χ3v) is 5.50. The van der Waals surface area contributed by atoms with E-state index in [9.17, 15) is 9.59 Å². The molecule has 27 heavy (non-hydrogen) atoms. The lowest BCUT2D eigenvalue weighted by Gasteiger charge is -2.25. The van der Waals surface area contributed by atoms with Gasteiger partial charge in [0.25, 0.3) is 5.91 Å². The lowest BCUT2D eigenvalue weighted by molar-refractivity contribution is -0.131. The molecule has 0 spiro atoms. The van der Waals surface area contributed by atoms with Crippen LogP contribution in [0, 0.1) is 6.92 Å². The van der Waals surface area contributed by atoms with Gasteiger partial charge in [-0.1, -0.05) is 30.3 Å². The first kappa shape index (κ1) is 17.7. The smallest absolute Gasteiger partial charge is 0.256 e. The number of aromatic nitrogens is 1. The van der Waals surface area contributed by atoms with Gasteiger partial charge in [-0.25, -0.2) is 0 Å². The Hall–Kier alpha value is -2.73. The van der Waals surface area contributed by atoms with Crippen LogP contribution in [-0.4, -0.2) is 65.5 Å². The van der Waals surface area contributed by atoms with Crippen molar-refractivity contribution in [1.29, 1.82) is 0 Å². The number of nitrogens with zero attached hydrogens (tertiary/aromatic N) is 3. The van der Waals surface area contributed by atoms with Gasteiger partial charge in [0.1, 0.15) is 0 Å². The monoisotopic (exact) mass is 365 g/mol. The van der Waals surface area contributed by atoms with Crippen LogP contribution in [0.5, 0.6) is 0 Å². The van der Waals surface area contributed by atoms with E-state index in [1.54, 1.807) is 23.0 Å². The maximum Gasteiger partial charge on any atom is 0.256 e. The summed E-state index contributed by atoms with van der Waals surface area (Å²) in [5, 5.41) is 0. The van der Waals surface area contributed by atoms with Crippen molar-refractivity contribution in [3.8, 4) is 11.1 Å². The molecule has 0 unspecified atom stereocenters. The maximum atomic E-state index is 13.4. The number of aryl methyl sites for hydroxylation is 1. The van der Waals surface area contributed by atoms with E-state index in [2.05, 4.69) is 4.98 Å². The normalized spacial score (nSPS) is 22.5. The number of fused-ring (bicyclic) bond motifs is 1. The summed E-state index contributed by atoms with van der Waals surface area (Å²) in [5.74, 6) is 0.0105. The fourth-order valence-corrected chi connectivity index (χ4v) is 3.97. The van der Waals surface area contributed by atoms with Crippen LogP contribution in [0.2, 0.25) is 0 Å². The number of ether oxygens (including phenoxy) is 1. The largest absolute Gasteiger partial charge is 0.374 e. The highest BCUT2D eigenvalue weighted by Crippen LogP contribution is 2.29. The third-order valence-electron chi connectivity index (χ3n) is 5.50. The molecule has 2 aromatic rings. The highest BCUT2D eigenvalue weighted by molar-refractivity contribution is 6.02. The van der Waals surface area contributed by atoms with Crippen LogP contribution in [0.1, 0.15) is 22.5 Å². The fourth-order valence-electron chi connectivity index (χ4n) is 3.97. The Morgan fingerprint density at radius 1 is 1.19 bits per heavy atom. The number of amides is 2. The molecule has 1 aromatic carbocycles. The zero-order valence-electron chi connectivity index (χ0n) is 15.6. The topological polar surface area (TPSA) is 62.7 Å². The van der Waals surface area contributed by atoms with Gasteiger partial charge in [-0.3, -0.25) is 14.6 Å². The van der Waals surface area contributed by atoms with E-state index in [1.807, 2.05) is 43.3 Å². The minimum Gasteiger partial charge on any atom is -0.374 e. The number of likely N-dealkylation sites (tertiary alicyclic amines) is 1. The average Bonchev–Trinajstić information content (AvgIpc) is 3.06. The van der Waals surface area contributed by atoms with Gasteiger partial charge in [-0.2, -0.15) is 0 Å². The summed E-state index contributed by atoms with van der Waals surface area (Å²) in [6.07, 6.45) is 2.00. The molecule has 2 aliphatic heterocycles. The quantitative estimate of drug-likeness (QED) is 0.818. The first-order valence-electron chi connectivity index (χ1n) is 9.24. The Morgan fingerprint density at radius 3 is 2.74 bits per heavy atom. The predicted octanol–water partition coefficient (Wildman–Crippen LogP) is 2.13. The van der Waals surface area contributed by atoms with Crippen LogP contribution in [-0.2, 0) is 9.53 Å². The molecule has 2 saturated heterocycles. The Balaban J connectivity index is 1.66. The molecule has 0 bridgehead atoms. The van der Waals surface area contributed by atoms with Crippen LogP contribution in [0.15, 0.2) is 42.6 Å². The number of rotatable bonds is 2. The molecule has 6 nitrogen and oxygen atoms in total. The first-order chi connectivity index (χ1) is 13.1. The summed E-state index contributed by atoms with van der Waals surface area (Å²) in [5.41, 5.74) is 3.20. The molecule has 0 N–H and O–H groups in total. The van der Waals surface area contributed by atoms with Crippen molar-refractivity contribution in [3.63, 3.8) is 0 Å². The highest BCUT2D eigenvalue weighted by Gasteiger charge is 2.42. The van der Waals surface area contributed by atoms with Gasteiger partial charge in [0.2, 0.25) is 5.91 Å². The van der Waals surface area contributed by atoms with Crippen molar-refractivity contribution in [2.24, 2.45) is 0 Å². The van der Waals surface area contributed by atoms with Gasteiger partial charge >= 0.3 is 0 Å². The van der Waals surface area contributed by atoms with Crippen molar-refractivity contribution in [1.82, 2.24) is 14.8 Å². The molecule has 3 heterocycles. The standard InChI is InChI=1S/C21H23N3O3/c1-14-20(16(8-10-22-14)15-6-4-3-5-7-15)21(26)24-12-17-18(13-24)27-11-9-19(25)23(17)2/h3-8,10,17-18H,9,11-13H2,1-2H3/t17-,18-/m0/s1. The molecular formula is C21H23N3O3. The number of hydrogen-bond donors (Lipinski definition) is 0. The lowest BCUT2D eigenvalue weighted by atomic mass is 9.98. The van der Waals surface area contributed by atoms with Gasteiger partial charge < -0.3 is 14.5 Å². The minimum atomic E-state index is -0.137. The number of carbonyl (C=O) groups is 2. The number of benzene rings is 1. The van der Waals surface area contributed by atoms with E-state index in [0.29, 0.717) is 37.4 Å². The van der Waals surface area contributed by atoms with E-state index in [-0.39, 0.29) is 24.0 Å². The van der Waals surface area contributed by atoms with Crippen LogP contribution >= 0.6 is 0 Å². The lowest BCUT2D eigenvalue weighted by Crippen LogP contribution is -2.43.